The molecule has 1 saturated carbocycles. The van der Waals surface area contributed by atoms with E-state index < -0.39 is 70.1 Å². The highest BCUT2D eigenvalue weighted by atomic mass is 35.5. The monoisotopic (exact) mass is 1090 g/mol. The van der Waals surface area contributed by atoms with Gasteiger partial charge in [0.1, 0.15) is 23.3 Å². The molecular formula is C57H63Cl2FN8O7S. The van der Waals surface area contributed by atoms with Crippen LogP contribution >= 0.6 is 34.5 Å². The number of β-amino-alcohol motifs (C(OH)–C–C–N with tert-alkyl or cyclic N) is 1. The summed E-state index contributed by atoms with van der Waals surface area (Å²) in [5.74, 6) is -4.12. The Kier molecular flexibility index (Phi) is 16.1. The molecule has 0 radical (unpaired) electrons. The van der Waals surface area contributed by atoms with E-state index in [-0.39, 0.29) is 60.8 Å². The predicted octanol–water partition coefficient (Wildman–Crippen LogP) is 8.56. The summed E-state index contributed by atoms with van der Waals surface area (Å²) in [6.07, 6.45) is 3.79. The van der Waals surface area contributed by atoms with E-state index in [0.29, 0.717) is 53.2 Å². The van der Waals surface area contributed by atoms with Gasteiger partial charge in [0.15, 0.2) is 0 Å². The first-order valence-corrected chi connectivity index (χ1v) is 27.5. The number of unbranched alkanes of at least 4 members (excludes halogenated alkanes) is 1. The Morgan fingerprint density at radius 3 is 2.37 bits per heavy atom. The van der Waals surface area contributed by atoms with E-state index in [1.807, 2.05) is 52.0 Å². The molecular weight excluding hydrogens is 1030 g/mol. The molecule has 1 aliphatic carbocycles. The van der Waals surface area contributed by atoms with Crippen molar-refractivity contribution in [2.24, 2.45) is 5.41 Å². The summed E-state index contributed by atoms with van der Waals surface area (Å²) in [5.41, 5.74) is 3.65. The zero-order valence-electron chi connectivity index (χ0n) is 42.9. The van der Waals surface area contributed by atoms with E-state index in [1.54, 1.807) is 71.4 Å². The summed E-state index contributed by atoms with van der Waals surface area (Å²) in [5, 5.41) is 29.2. The number of nitrogens with zero attached hydrogens (tertiary/aromatic N) is 2. The van der Waals surface area contributed by atoms with Crippen LogP contribution in [0.2, 0.25) is 10.0 Å². The fourth-order valence-electron chi connectivity index (χ4n) is 11.9. The Bertz CT molecular complexity index is 3030. The number of aliphatic hydroxyl groups excluding tert-OH is 1. The maximum absolute atomic E-state index is 16.3. The van der Waals surface area contributed by atoms with Gasteiger partial charge in [0.05, 0.1) is 33.3 Å². The highest BCUT2D eigenvalue weighted by Gasteiger charge is 2.72. The molecule has 400 valence electrons. The minimum atomic E-state index is -1.39. The lowest BCUT2D eigenvalue weighted by Crippen LogP contribution is -2.60. The number of likely N-dealkylation sites (tertiary alicyclic amines) is 1. The molecule has 2 spiro atoms. The Morgan fingerprint density at radius 1 is 0.934 bits per heavy atom. The van der Waals surface area contributed by atoms with Crippen LogP contribution in [0.15, 0.2) is 90.4 Å². The van der Waals surface area contributed by atoms with Gasteiger partial charge in [-0.2, -0.15) is 0 Å². The molecule has 1 aromatic heterocycles. The van der Waals surface area contributed by atoms with Crippen LogP contribution in [0.4, 0.5) is 15.8 Å². The van der Waals surface area contributed by atoms with Crippen molar-refractivity contribution < 1.29 is 38.3 Å². The first-order valence-electron chi connectivity index (χ1n) is 25.9. The van der Waals surface area contributed by atoms with Crippen LogP contribution in [0, 0.1) is 18.2 Å². The molecule has 2 saturated heterocycles. The second kappa shape index (κ2) is 22.4. The number of carbonyl (C=O) groups excluding carboxylic acids is 6. The number of nitrogens with one attached hydrogen (secondary N) is 6. The number of rotatable bonds is 15. The van der Waals surface area contributed by atoms with Crippen LogP contribution < -0.4 is 31.9 Å². The predicted molar refractivity (Wildman–Crippen MR) is 292 cm³/mol. The Labute approximate surface area is 455 Å². The number of hydrogen-bond acceptors (Lipinski definition) is 10. The Morgan fingerprint density at radius 2 is 1.67 bits per heavy atom. The van der Waals surface area contributed by atoms with Crippen molar-refractivity contribution in [2.45, 2.75) is 133 Å². The average molecular weight is 1090 g/mol. The molecule has 9 rings (SSSR count). The van der Waals surface area contributed by atoms with Gasteiger partial charge in [-0.05, 0) is 103 Å². The second-order valence-electron chi connectivity index (χ2n) is 21.6. The molecule has 4 aromatic carbocycles. The van der Waals surface area contributed by atoms with Crippen LogP contribution in [0.5, 0.6) is 0 Å². The number of aryl methyl sites for hydroxylation is 1. The molecule has 6 atom stereocenters. The van der Waals surface area contributed by atoms with E-state index in [4.69, 9.17) is 23.2 Å². The van der Waals surface area contributed by atoms with Gasteiger partial charge in [-0.1, -0.05) is 106 Å². The number of carbonyl (C=O) groups is 6. The number of fused-ring (bicyclic) bond motifs is 3. The van der Waals surface area contributed by atoms with Gasteiger partial charge in [-0.25, -0.2) is 9.37 Å². The lowest BCUT2D eigenvalue weighted by Gasteiger charge is -2.47. The third-order valence-corrected chi connectivity index (χ3v) is 17.1. The van der Waals surface area contributed by atoms with Crippen molar-refractivity contribution in [2.75, 3.05) is 23.7 Å². The molecule has 7 N–H and O–H groups in total. The number of hydrogen-bond donors (Lipinski definition) is 7. The maximum Gasteiger partial charge on any atom is 0.251 e. The van der Waals surface area contributed by atoms with E-state index in [1.165, 1.54) is 11.0 Å². The number of anilines is 2. The SMILES string of the molecule is Cc1ncsc1-c1ccc(CNC(=O)[C@@H]2C[C@@H](O)CN2C(=O)[C@@H](NC(=O)CCCCNC(=O)c2ccc(NC(=O)[C@@H]3NC4(CCCCC4)[C@@]4(C(=O)Nc5cc(Cl)ccc54)[C@H]3c3cccc(Cl)c3F)cc2)C(C)(C)C)cc1. The van der Waals surface area contributed by atoms with Crippen LogP contribution in [0.25, 0.3) is 10.4 Å². The van der Waals surface area contributed by atoms with Gasteiger partial charge in [0, 0.05) is 65.9 Å². The maximum atomic E-state index is 16.3. The van der Waals surface area contributed by atoms with E-state index >= 15 is 4.39 Å². The summed E-state index contributed by atoms with van der Waals surface area (Å²) in [6, 6.07) is 21.0. The third kappa shape index (κ3) is 10.7. The van der Waals surface area contributed by atoms with Crippen LogP contribution in [-0.4, -0.2) is 93.3 Å². The minimum Gasteiger partial charge on any atom is -0.391 e. The highest BCUT2D eigenvalue weighted by molar-refractivity contribution is 7.13. The second-order valence-corrected chi connectivity index (χ2v) is 23.3. The van der Waals surface area contributed by atoms with Gasteiger partial charge in [0.25, 0.3) is 5.91 Å². The van der Waals surface area contributed by atoms with Crippen molar-refractivity contribution in [1.82, 2.24) is 31.2 Å². The van der Waals surface area contributed by atoms with E-state index in [2.05, 4.69) is 36.9 Å². The molecule has 5 aromatic rings. The Balaban J connectivity index is 0.780. The number of benzene rings is 4. The van der Waals surface area contributed by atoms with Gasteiger partial charge >= 0.3 is 0 Å². The Hall–Kier alpha value is -6.24. The van der Waals surface area contributed by atoms with Crippen LogP contribution in [0.1, 0.15) is 117 Å². The van der Waals surface area contributed by atoms with Crippen molar-refractivity contribution in [3.05, 3.63) is 134 Å². The van der Waals surface area contributed by atoms with Crippen molar-refractivity contribution in [3.8, 4) is 10.4 Å². The largest absolute Gasteiger partial charge is 0.391 e. The number of amides is 6. The smallest absolute Gasteiger partial charge is 0.251 e. The van der Waals surface area contributed by atoms with Crippen molar-refractivity contribution in [1.29, 1.82) is 0 Å². The normalized spacial score (nSPS) is 22.0. The molecule has 19 heteroatoms. The topological polar surface area (TPSA) is 211 Å². The van der Waals surface area contributed by atoms with E-state index in [0.717, 1.165) is 41.0 Å². The molecule has 4 heterocycles. The average Bonchev–Trinajstić information content (AvgIpc) is 4.35. The van der Waals surface area contributed by atoms with Gasteiger partial charge < -0.3 is 36.6 Å². The minimum absolute atomic E-state index is 0.0420. The first-order chi connectivity index (χ1) is 36.3. The van der Waals surface area contributed by atoms with Gasteiger partial charge in [-0.15, -0.1) is 11.3 Å². The molecule has 15 nitrogen and oxygen atoms in total. The zero-order chi connectivity index (χ0) is 54.1. The summed E-state index contributed by atoms with van der Waals surface area (Å²) in [7, 11) is 0. The van der Waals surface area contributed by atoms with Crippen LogP contribution in [-0.2, 0) is 35.9 Å². The lowest BCUT2D eigenvalue weighted by molar-refractivity contribution is -0.144. The molecule has 3 fully saturated rings. The fourth-order valence-corrected chi connectivity index (χ4v) is 13.0. The summed E-state index contributed by atoms with van der Waals surface area (Å²) < 4.78 is 16.3. The number of thiazole rings is 1. The number of halogens is 3. The highest BCUT2D eigenvalue weighted by Crippen LogP contribution is 2.63. The number of aromatic nitrogens is 1. The van der Waals surface area contributed by atoms with Crippen molar-refractivity contribution in [3.63, 3.8) is 0 Å². The van der Waals surface area contributed by atoms with Crippen LogP contribution in [0.3, 0.4) is 0 Å². The first kappa shape index (κ1) is 54.5. The quantitative estimate of drug-likeness (QED) is 0.0500. The lowest BCUT2D eigenvalue weighted by atomic mass is 9.55. The summed E-state index contributed by atoms with van der Waals surface area (Å²) in [6.45, 7) is 7.88. The third-order valence-electron chi connectivity index (χ3n) is 15.5. The molecule has 0 unspecified atom stereocenters. The zero-order valence-corrected chi connectivity index (χ0v) is 45.2. The number of aliphatic hydroxyl groups is 1. The molecule has 6 amide bonds. The van der Waals surface area contributed by atoms with Gasteiger partial charge in [-0.3, -0.25) is 34.1 Å². The molecule has 4 aliphatic rings. The standard InChI is InChI=1S/C57H63Cl2FN8O7S/c1-32-48(76-31-63-32)34-16-14-33(15-17-34)29-62-51(72)43-28-38(69)30-68(43)53(74)49(55(2,3)4)66-44(70)13-6-9-26-61-50(71)35-18-21-37(22-19-35)64-52(73)47-45(39-11-10-12-41(59)46(39)60)57(56(67-47)24-7-5-8-25-56)40-23-20-36(58)27-42(40)65-54(57)75/h10-12,14-23,27,31,38,43,45,47,49,67,69H,5-9,13,24-26,28-30H2,1-4H3,(H,61,71)(H,62,72)(H,64,73)(H,65,75)(H,66,70)/t38-,43+,45+,47-,49-,57-/m1/s1. The van der Waals surface area contributed by atoms with Crippen molar-refractivity contribution >= 4 is 81.4 Å². The van der Waals surface area contributed by atoms with Gasteiger partial charge in [0.2, 0.25) is 29.5 Å². The molecule has 76 heavy (non-hydrogen) atoms. The fraction of sp³-hybridized carbons (Fsp3) is 0.421. The summed E-state index contributed by atoms with van der Waals surface area (Å²) >= 11 is 14.4. The van der Waals surface area contributed by atoms with E-state index in [9.17, 15) is 33.9 Å². The summed E-state index contributed by atoms with van der Waals surface area (Å²) in [4.78, 5) is 90.3. The molecule has 0 bridgehead atoms. The molecule has 3 aliphatic heterocycles.